The number of thiazole rings is 1. The molecule has 1 aromatic carbocycles. The number of aromatic nitrogens is 1. The second kappa shape index (κ2) is 10.6. The summed E-state index contributed by atoms with van der Waals surface area (Å²) >= 11 is 1.31. The first-order valence-electron chi connectivity index (χ1n) is 11.0. The van der Waals surface area contributed by atoms with E-state index in [1.807, 2.05) is 31.5 Å². The summed E-state index contributed by atoms with van der Waals surface area (Å²) in [7, 11) is 0. The summed E-state index contributed by atoms with van der Waals surface area (Å²) in [5.41, 5.74) is 4.12. The van der Waals surface area contributed by atoms with Gasteiger partial charge in [-0.3, -0.25) is 4.79 Å². The Hall–Kier alpha value is -2.21. The van der Waals surface area contributed by atoms with Crippen LogP contribution in [-0.2, 0) is 22.9 Å². The topological polar surface area (TPSA) is 99.1 Å². The quantitative estimate of drug-likeness (QED) is 0.605. The summed E-state index contributed by atoms with van der Waals surface area (Å²) in [4.78, 5) is 18.7. The van der Waals surface area contributed by atoms with Crippen LogP contribution in [0.5, 0.6) is 5.75 Å². The van der Waals surface area contributed by atoms with Crippen LogP contribution >= 0.6 is 11.3 Å². The number of nitrogens with zero attached hydrogens (tertiary/aromatic N) is 2. The van der Waals surface area contributed by atoms with Crippen LogP contribution in [0.25, 0.3) is 0 Å². The Balaban J connectivity index is 2.03. The smallest absolute Gasteiger partial charge is 0.416 e. The molecule has 2 heterocycles. The standard InChI is InChI=1S/C23H30F3N3O4S/c1-22(2,3)19-11-29(10-16-5-4-8-32-16)21(34-19)28-20(31)17-9-14(23(24,25)26)6-7-18(17)33-13-15(27)12-30/h6-7,9,11,15-16,30H,4-5,8,10,12-13,27H2,1-3H3/t15-,16-/m1/s1. The van der Waals surface area contributed by atoms with Gasteiger partial charge in [-0.2, -0.15) is 18.2 Å². The number of carbonyl (C=O) groups excluding carboxylic acids is 1. The molecule has 1 fully saturated rings. The lowest BCUT2D eigenvalue weighted by atomic mass is 9.95. The van der Waals surface area contributed by atoms with Crippen LogP contribution in [0.1, 0.15) is 54.4 Å². The van der Waals surface area contributed by atoms with Crippen molar-refractivity contribution in [1.82, 2.24) is 4.57 Å². The molecule has 1 saturated heterocycles. The molecule has 0 bridgehead atoms. The van der Waals surface area contributed by atoms with Crippen LogP contribution in [0, 0.1) is 0 Å². The molecule has 0 spiro atoms. The van der Waals surface area contributed by atoms with Crippen molar-refractivity contribution in [3.8, 4) is 5.75 Å². The van der Waals surface area contributed by atoms with E-state index in [1.54, 1.807) is 0 Å². The van der Waals surface area contributed by atoms with Gasteiger partial charge in [-0.15, -0.1) is 11.3 Å². The number of aliphatic hydroxyl groups excluding tert-OH is 1. The SMILES string of the molecule is CC(C)(C)c1cn(C[C@H]2CCCO2)c(=NC(=O)c2cc(C(F)(F)F)ccc2OC[C@H](N)CO)s1. The van der Waals surface area contributed by atoms with Crippen molar-refractivity contribution >= 4 is 17.2 Å². The zero-order chi connectivity index (χ0) is 25.1. The summed E-state index contributed by atoms with van der Waals surface area (Å²) in [5.74, 6) is -0.939. The molecule has 0 aliphatic carbocycles. The van der Waals surface area contributed by atoms with E-state index in [0.717, 1.165) is 35.9 Å². The predicted molar refractivity (Wildman–Crippen MR) is 122 cm³/mol. The van der Waals surface area contributed by atoms with Gasteiger partial charge < -0.3 is 24.9 Å². The number of nitrogens with two attached hydrogens (primary N) is 1. The van der Waals surface area contributed by atoms with Gasteiger partial charge in [-0.05, 0) is 36.5 Å². The maximum Gasteiger partial charge on any atom is 0.416 e. The van der Waals surface area contributed by atoms with Crippen molar-refractivity contribution in [2.45, 2.75) is 63.9 Å². The van der Waals surface area contributed by atoms with Gasteiger partial charge >= 0.3 is 6.18 Å². The van der Waals surface area contributed by atoms with Gasteiger partial charge in [0.25, 0.3) is 5.91 Å². The van der Waals surface area contributed by atoms with Gasteiger partial charge in [0.2, 0.25) is 0 Å². The minimum atomic E-state index is -4.64. The Morgan fingerprint density at radius 1 is 1.38 bits per heavy atom. The van der Waals surface area contributed by atoms with Crippen LogP contribution in [0.3, 0.4) is 0 Å². The van der Waals surface area contributed by atoms with Crippen molar-refractivity contribution in [3.63, 3.8) is 0 Å². The van der Waals surface area contributed by atoms with Crippen LogP contribution in [-0.4, -0.2) is 47.5 Å². The highest BCUT2D eigenvalue weighted by Crippen LogP contribution is 2.33. The number of amides is 1. The number of alkyl halides is 3. The summed E-state index contributed by atoms with van der Waals surface area (Å²) < 4.78 is 53.0. The lowest BCUT2D eigenvalue weighted by molar-refractivity contribution is -0.137. The molecular weight excluding hydrogens is 471 g/mol. The predicted octanol–water partition coefficient (Wildman–Crippen LogP) is 3.48. The highest BCUT2D eigenvalue weighted by molar-refractivity contribution is 7.09. The average molecular weight is 502 g/mol. The number of carbonyl (C=O) groups is 1. The molecule has 34 heavy (non-hydrogen) atoms. The average Bonchev–Trinajstić information content (AvgIpc) is 3.41. The Morgan fingerprint density at radius 2 is 2.12 bits per heavy atom. The van der Waals surface area contributed by atoms with E-state index in [4.69, 9.17) is 20.3 Å². The number of hydrogen-bond donors (Lipinski definition) is 2. The molecule has 3 N–H and O–H groups in total. The molecule has 1 aromatic heterocycles. The van der Waals surface area contributed by atoms with Gasteiger partial charge in [0.1, 0.15) is 12.4 Å². The fourth-order valence-corrected chi connectivity index (χ4v) is 4.40. The van der Waals surface area contributed by atoms with Crippen LogP contribution in [0.4, 0.5) is 13.2 Å². The van der Waals surface area contributed by atoms with Crippen LogP contribution in [0.15, 0.2) is 29.4 Å². The highest BCUT2D eigenvalue weighted by Gasteiger charge is 2.32. The second-order valence-corrected chi connectivity index (χ2v) is 10.3. The van der Waals surface area contributed by atoms with Gasteiger partial charge in [0, 0.05) is 17.7 Å². The van der Waals surface area contributed by atoms with E-state index < -0.39 is 23.7 Å². The van der Waals surface area contributed by atoms with Gasteiger partial charge in [0.15, 0.2) is 4.80 Å². The normalized spacial score (nSPS) is 18.4. The monoisotopic (exact) mass is 501 g/mol. The maximum atomic E-state index is 13.3. The Morgan fingerprint density at radius 3 is 2.71 bits per heavy atom. The fraction of sp³-hybridized carbons (Fsp3) is 0.565. The van der Waals surface area contributed by atoms with Crippen molar-refractivity contribution in [1.29, 1.82) is 0 Å². The Kier molecular flexibility index (Phi) is 8.22. The molecule has 2 atom stereocenters. The van der Waals surface area contributed by atoms with Crippen molar-refractivity contribution in [2.75, 3.05) is 19.8 Å². The lowest BCUT2D eigenvalue weighted by Crippen LogP contribution is -2.31. The third-order valence-corrected chi connectivity index (χ3v) is 6.75. The summed E-state index contributed by atoms with van der Waals surface area (Å²) in [6.07, 6.45) is -0.894. The maximum absolute atomic E-state index is 13.3. The molecule has 0 radical (unpaired) electrons. The van der Waals surface area contributed by atoms with E-state index >= 15 is 0 Å². The van der Waals surface area contributed by atoms with E-state index in [1.165, 1.54) is 11.3 Å². The summed E-state index contributed by atoms with van der Waals surface area (Å²) in [6, 6.07) is 1.89. The van der Waals surface area contributed by atoms with Crippen LogP contribution < -0.4 is 15.3 Å². The first kappa shape index (κ1) is 26.4. The zero-order valence-electron chi connectivity index (χ0n) is 19.4. The molecule has 7 nitrogen and oxygen atoms in total. The molecule has 1 amide bonds. The molecule has 0 saturated carbocycles. The van der Waals surface area contributed by atoms with Crippen molar-refractivity contribution in [3.05, 3.63) is 45.2 Å². The fourth-order valence-electron chi connectivity index (χ4n) is 3.35. The van der Waals surface area contributed by atoms with Gasteiger partial charge in [0.05, 0.1) is 36.4 Å². The summed E-state index contributed by atoms with van der Waals surface area (Å²) in [5, 5.41) is 9.10. The van der Waals surface area contributed by atoms with Gasteiger partial charge in [-0.25, -0.2) is 0 Å². The molecule has 2 aromatic rings. The van der Waals surface area contributed by atoms with E-state index in [9.17, 15) is 18.0 Å². The van der Waals surface area contributed by atoms with E-state index in [0.29, 0.717) is 18.0 Å². The number of halogens is 3. The minimum Gasteiger partial charge on any atom is -0.491 e. The third kappa shape index (κ3) is 6.68. The zero-order valence-corrected chi connectivity index (χ0v) is 20.2. The molecule has 0 unspecified atom stereocenters. The molecule has 3 rings (SSSR count). The van der Waals surface area contributed by atoms with E-state index in [2.05, 4.69) is 4.99 Å². The molecular formula is C23H30F3N3O4S. The number of ether oxygens (including phenoxy) is 2. The third-order valence-electron chi connectivity index (χ3n) is 5.31. The number of benzene rings is 1. The Bertz CT molecular complexity index is 1070. The Labute approximate surface area is 200 Å². The number of aliphatic hydroxyl groups is 1. The molecule has 11 heteroatoms. The van der Waals surface area contributed by atoms with Crippen molar-refractivity contribution in [2.24, 2.45) is 10.7 Å². The molecule has 188 valence electrons. The lowest BCUT2D eigenvalue weighted by Gasteiger charge is -2.15. The van der Waals surface area contributed by atoms with E-state index in [-0.39, 0.29) is 36.0 Å². The first-order valence-corrected chi connectivity index (χ1v) is 11.8. The second-order valence-electron chi connectivity index (χ2n) is 9.29. The summed E-state index contributed by atoms with van der Waals surface area (Å²) in [6.45, 7) is 6.72. The van der Waals surface area contributed by atoms with Crippen LogP contribution in [0.2, 0.25) is 0 Å². The van der Waals surface area contributed by atoms with Gasteiger partial charge in [-0.1, -0.05) is 20.8 Å². The minimum absolute atomic E-state index is 0.0103. The largest absolute Gasteiger partial charge is 0.491 e. The van der Waals surface area contributed by atoms with Crippen molar-refractivity contribution < 1.29 is 32.5 Å². The highest BCUT2D eigenvalue weighted by atomic mass is 32.1. The number of hydrogen-bond acceptors (Lipinski definition) is 6. The molecule has 1 aliphatic rings. The number of rotatable bonds is 7. The first-order chi connectivity index (χ1) is 15.9. The molecule has 1 aliphatic heterocycles.